The highest BCUT2D eigenvalue weighted by molar-refractivity contribution is 7.99. The molecule has 0 aliphatic rings. The molecule has 0 atom stereocenters. The van der Waals surface area contributed by atoms with Crippen molar-refractivity contribution in [2.75, 3.05) is 5.75 Å². The van der Waals surface area contributed by atoms with Crippen LogP contribution in [0.25, 0.3) is 0 Å². The topological polar surface area (TPSA) is 83.0 Å². The average molecular weight is 347 g/mol. The van der Waals surface area contributed by atoms with E-state index in [2.05, 4.69) is 10.2 Å². The van der Waals surface area contributed by atoms with E-state index in [9.17, 15) is 4.79 Å². The van der Waals surface area contributed by atoms with Crippen LogP contribution < -0.4 is 10.5 Å². The van der Waals surface area contributed by atoms with Gasteiger partial charge in [0, 0.05) is 18.1 Å². The minimum atomic E-state index is -0.411. The van der Waals surface area contributed by atoms with Gasteiger partial charge in [0.2, 0.25) is 5.91 Å². The first-order valence-electron chi connectivity index (χ1n) is 5.84. The zero-order valence-electron chi connectivity index (χ0n) is 11.0. The molecule has 9 heteroatoms. The molecule has 21 heavy (non-hydrogen) atoms. The van der Waals surface area contributed by atoms with Crippen molar-refractivity contribution >= 4 is 40.9 Å². The molecule has 0 spiro atoms. The van der Waals surface area contributed by atoms with E-state index in [1.165, 1.54) is 11.8 Å². The minimum Gasteiger partial charge on any atom is -0.484 e. The van der Waals surface area contributed by atoms with Gasteiger partial charge in [-0.25, -0.2) is 0 Å². The first-order valence-corrected chi connectivity index (χ1v) is 7.58. The van der Waals surface area contributed by atoms with Crippen LogP contribution >= 0.6 is 35.0 Å². The van der Waals surface area contributed by atoms with Gasteiger partial charge in [-0.15, -0.1) is 10.2 Å². The number of rotatable bonds is 6. The molecule has 0 aliphatic heterocycles. The number of thioether (sulfide) groups is 1. The molecule has 1 aromatic heterocycles. The van der Waals surface area contributed by atoms with Crippen LogP contribution in [0.1, 0.15) is 5.82 Å². The van der Waals surface area contributed by atoms with Crippen LogP contribution in [-0.4, -0.2) is 26.4 Å². The highest BCUT2D eigenvalue weighted by Gasteiger charge is 2.12. The fourth-order valence-corrected chi connectivity index (χ4v) is 2.47. The molecule has 0 radical (unpaired) electrons. The number of carbonyl (C=O) groups excluding carboxylic acids is 1. The lowest BCUT2D eigenvalue weighted by molar-refractivity contribution is -0.115. The third kappa shape index (κ3) is 4.26. The highest BCUT2D eigenvalue weighted by Crippen LogP contribution is 2.28. The smallest absolute Gasteiger partial charge is 0.227 e. The van der Waals surface area contributed by atoms with Crippen molar-refractivity contribution in [1.82, 2.24) is 14.8 Å². The molecule has 2 N–H and O–H groups in total. The Balaban J connectivity index is 2.03. The van der Waals surface area contributed by atoms with E-state index < -0.39 is 5.91 Å². The fraction of sp³-hybridized carbons (Fsp3) is 0.250. The maximum atomic E-state index is 10.8. The van der Waals surface area contributed by atoms with E-state index in [1.54, 1.807) is 29.8 Å². The summed E-state index contributed by atoms with van der Waals surface area (Å²) in [6.45, 7) is 0.181. The van der Waals surface area contributed by atoms with Crippen LogP contribution in [0, 0.1) is 0 Å². The first kappa shape index (κ1) is 15.9. The van der Waals surface area contributed by atoms with Crippen molar-refractivity contribution in [3.05, 3.63) is 34.1 Å². The summed E-state index contributed by atoms with van der Waals surface area (Å²) < 4.78 is 7.31. The Labute approximate surface area is 135 Å². The molecular formula is C12H12Cl2N4O2S. The fourth-order valence-electron chi connectivity index (χ4n) is 1.46. The molecule has 1 aromatic carbocycles. The summed E-state index contributed by atoms with van der Waals surface area (Å²) in [6, 6.07) is 4.96. The van der Waals surface area contributed by atoms with Gasteiger partial charge in [-0.1, -0.05) is 35.0 Å². The number of nitrogens with zero attached hydrogens (tertiary/aromatic N) is 3. The highest BCUT2D eigenvalue weighted by atomic mass is 35.5. The van der Waals surface area contributed by atoms with Gasteiger partial charge in [-0.3, -0.25) is 4.79 Å². The number of carbonyl (C=O) groups is 1. The van der Waals surface area contributed by atoms with Crippen molar-refractivity contribution in [3.8, 4) is 5.75 Å². The van der Waals surface area contributed by atoms with Crippen molar-refractivity contribution in [2.24, 2.45) is 12.8 Å². The molecule has 0 unspecified atom stereocenters. The molecule has 2 aromatic rings. The maximum absolute atomic E-state index is 10.8. The number of primary amides is 1. The van der Waals surface area contributed by atoms with Crippen LogP contribution in [0.4, 0.5) is 0 Å². The van der Waals surface area contributed by atoms with Crippen LogP contribution in [0.3, 0.4) is 0 Å². The Morgan fingerprint density at radius 3 is 2.90 bits per heavy atom. The van der Waals surface area contributed by atoms with Gasteiger partial charge in [-0.2, -0.15) is 0 Å². The lowest BCUT2D eigenvalue weighted by Gasteiger charge is -2.08. The number of benzene rings is 1. The summed E-state index contributed by atoms with van der Waals surface area (Å²) in [5.74, 6) is 0.801. The van der Waals surface area contributed by atoms with E-state index in [4.69, 9.17) is 33.7 Å². The van der Waals surface area contributed by atoms with Gasteiger partial charge in [-0.05, 0) is 12.1 Å². The molecule has 0 fully saturated rings. The summed E-state index contributed by atoms with van der Waals surface area (Å²) >= 11 is 13.1. The van der Waals surface area contributed by atoms with Crippen molar-refractivity contribution in [1.29, 1.82) is 0 Å². The van der Waals surface area contributed by atoms with Crippen LogP contribution in [0.15, 0.2) is 23.4 Å². The van der Waals surface area contributed by atoms with Gasteiger partial charge in [0.1, 0.15) is 12.4 Å². The first-order chi connectivity index (χ1) is 9.97. The monoisotopic (exact) mass is 346 g/mol. The maximum Gasteiger partial charge on any atom is 0.227 e. The van der Waals surface area contributed by atoms with E-state index in [1.807, 2.05) is 0 Å². The molecule has 0 bridgehead atoms. The predicted molar refractivity (Wildman–Crippen MR) is 81.7 cm³/mol. The van der Waals surface area contributed by atoms with Crippen LogP contribution in [0.2, 0.25) is 10.0 Å². The average Bonchev–Trinajstić information content (AvgIpc) is 2.78. The number of halogens is 2. The Morgan fingerprint density at radius 1 is 1.43 bits per heavy atom. The molecule has 0 saturated carbocycles. The van der Waals surface area contributed by atoms with Crippen molar-refractivity contribution < 1.29 is 9.53 Å². The summed E-state index contributed by atoms with van der Waals surface area (Å²) in [4.78, 5) is 10.8. The molecule has 112 valence electrons. The number of hydrogen-bond donors (Lipinski definition) is 1. The Bertz CT molecular complexity index is 663. The number of aromatic nitrogens is 3. The zero-order chi connectivity index (χ0) is 15.4. The molecule has 1 heterocycles. The van der Waals surface area contributed by atoms with Crippen molar-refractivity contribution in [3.63, 3.8) is 0 Å². The van der Waals surface area contributed by atoms with Gasteiger partial charge in [0.15, 0.2) is 11.0 Å². The predicted octanol–water partition coefficient (Wildman–Crippen LogP) is 2.28. The summed E-state index contributed by atoms with van der Waals surface area (Å²) in [7, 11) is 1.78. The second-order valence-corrected chi connectivity index (χ2v) is 5.86. The van der Waals surface area contributed by atoms with Crippen LogP contribution in [-0.2, 0) is 18.4 Å². The Kier molecular flexibility index (Phi) is 5.33. The molecule has 0 aliphatic carbocycles. The second kappa shape index (κ2) is 7.02. The number of amides is 1. The molecule has 1 amide bonds. The third-order valence-electron chi connectivity index (χ3n) is 2.52. The van der Waals surface area contributed by atoms with Gasteiger partial charge >= 0.3 is 0 Å². The SMILES string of the molecule is Cn1c(COc2cc(Cl)ccc2Cl)nnc1SCC(N)=O. The molecular weight excluding hydrogens is 335 g/mol. The largest absolute Gasteiger partial charge is 0.484 e. The van der Waals surface area contributed by atoms with Gasteiger partial charge < -0.3 is 15.0 Å². The van der Waals surface area contributed by atoms with E-state index >= 15 is 0 Å². The lowest BCUT2D eigenvalue weighted by Crippen LogP contribution is -2.13. The van der Waals surface area contributed by atoms with E-state index in [0.29, 0.717) is 26.8 Å². The normalized spacial score (nSPS) is 10.6. The summed E-state index contributed by atoms with van der Waals surface area (Å²) in [6.07, 6.45) is 0. The molecule has 6 nitrogen and oxygen atoms in total. The zero-order valence-corrected chi connectivity index (χ0v) is 13.4. The summed E-state index contributed by atoms with van der Waals surface area (Å²) in [5.41, 5.74) is 5.09. The summed E-state index contributed by atoms with van der Waals surface area (Å²) in [5, 5.41) is 9.55. The number of ether oxygens (including phenoxy) is 1. The second-order valence-electron chi connectivity index (χ2n) is 4.08. The number of hydrogen-bond acceptors (Lipinski definition) is 5. The minimum absolute atomic E-state index is 0.146. The van der Waals surface area contributed by atoms with E-state index in [0.717, 1.165) is 0 Å². The van der Waals surface area contributed by atoms with Crippen molar-refractivity contribution in [2.45, 2.75) is 11.8 Å². The van der Waals surface area contributed by atoms with Gasteiger partial charge in [0.25, 0.3) is 0 Å². The van der Waals surface area contributed by atoms with Crippen LogP contribution in [0.5, 0.6) is 5.75 Å². The van der Waals surface area contributed by atoms with E-state index in [-0.39, 0.29) is 12.4 Å². The standard InChI is InChI=1S/C12H12Cl2N4O2S/c1-18-11(16-17-12(18)21-6-10(15)19)5-20-9-4-7(13)2-3-8(9)14/h2-4H,5-6H2,1H3,(H2,15,19). The van der Waals surface area contributed by atoms with Gasteiger partial charge in [0.05, 0.1) is 10.8 Å². The quantitative estimate of drug-likeness (QED) is 0.811. The lowest BCUT2D eigenvalue weighted by atomic mass is 10.3. The Hall–Kier alpha value is -1.44. The molecule has 2 rings (SSSR count). The number of nitrogens with two attached hydrogens (primary N) is 1. The Morgan fingerprint density at radius 2 is 2.19 bits per heavy atom. The third-order valence-corrected chi connectivity index (χ3v) is 4.11. The molecule has 0 saturated heterocycles.